The minimum Gasteiger partial charge on any atom is -0.329 e. The van der Waals surface area contributed by atoms with Crippen molar-refractivity contribution >= 4 is 0 Å². The van der Waals surface area contributed by atoms with Gasteiger partial charge < -0.3 is 5.73 Å². The number of likely N-dealkylation sites (tertiary alicyclic amines) is 1. The Morgan fingerprint density at radius 2 is 2.10 bits per heavy atom. The fraction of sp³-hybridized carbons (Fsp3) is 0.375. The molecule has 2 N–H and O–H groups in total. The van der Waals surface area contributed by atoms with Crippen molar-refractivity contribution in [1.29, 1.82) is 0 Å². The van der Waals surface area contributed by atoms with Crippen LogP contribution in [0.5, 0.6) is 0 Å². The highest BCUT2D eigenvalue weighted by molar-refractivity contribution is 5.21. The van der Waals surface area contributed by atoms with Crippen molar-refractivity contribution in [3.63, 3.8) is 0 Å². The highest BCUT2D eigenvalue weighted by atomic mass is 15.2. The van der Waals surface area contributed by atoms with Gasteiger partial charge in [0.05, 0.1) is 11.7 Å². The van der Waals surface area contributed by atoms with E-state index in [1.54, 1.807) is 12.5 Å². The average molecular weight is 268 g/mol. The first kappa shape index (κ1) is 13.2. The third-order valence-electron chi connectivity index (χ3n) is 4.10. The smallest absolute Gasteiger partial charge is 0.115 e. The van der Waals surface area contributed by atoms with Gasteiger partial charge in [0.15, 0.2) is 0 Å². The second kappa shape index (κ2) is 6.11. The van der Waals surface area contributed by atoms with Gasteiger partial charge in [0.25, 0.3) is 0 Å². The highest BCUT2D eigenvalue weighted by Gasteiger charge is 2.29. The standard InChI is InChI=1S/C16H20N4/c17-10-16(15-6-8-18-12-19-15)20-9-7-14(11-20)13-4-2-1-3-5-13/h1-6,8,12,14,16H,7,9-11,17H2. The summed E-state index contributed by atoms with van der Waals surface area (Å²) in [6.45, 7) is 2.72. The van der Waals surface area contributed by atoms with Gasteiger partial charge in [0, 0.05) is 19.3 Å². The number of nitrogens with zero attached hydrogens (tertiary/aromatic N) is 3. The molecule has 1 aromatic heterocycles. The Morgan fingerprint density at radius 1 is 1.25 bits per heavy atom. The minimum atomic E-state index is 0.201. The summed E-state index contributed by atoms with van der Waals surface area (Å²) in [5.74, 6) is 0.604. The van der Waals surface area contributed by atoms with Gasteiger partial charge in [0.1, 0.15) is 6.33 Å². The van der Waals surface area contributed by atoms with Crippen LogP contribution in [0.2, 0.25) is 0 Å². The maximum absolute atomic E-state index is 5.97. The molecule has 1 aromatic carbocycles. The largest absolute Gasteiger partial charge is 0.329 e. The van der Waals surface area contributed by atoms with E-state index in [2.05, 4.69) is 45.2 Å². The second-order valence-corrected chi connectivity index (χ2v) is 5.28. The molecule has 2 heterocycles. The zero-order valence-electron chi connectivity index (χ0n) is 11.5. The molecule has 4 heteroatoms. The first-order valence-corrected chi connectivity index (χ1v) is 7.13. The van der Waals surface area contributed by atoms with Crippen molar-refractivity contribution in [2.75, 3.05) is 19.6 Å². The van der Waals surface area contributed by atoms with Crippen LogP contribution in [0.1, 0.15) is 29.6 Å². The molecule has 2 atom stereocenters. The molecule has 1 saturated heterocycles. The minimum absolute atomic E-state index is 0.201. The summed E-state index contributed by atoms with van der Waals surface area (Å²) in [6, 6.07) is 12.9. The molecule has 1 aliphatic heterocycles. The van der Waals surface area contributed by atoms with Crippen LogP contribution in [0.3, 0.4) is 0 Å². The maximum atomic E-state index is 5.97. The summed E-state index contributed by atoms with van der Waals surface area (Å²) in [5.41, 5.74) is 8.42. The number of benzene rings is 1. The molecule has 4 nitrogen and oxygen atoms in total. The number of hydrogen-bond donors (Lipinski definition) is 1. The van der Waals surface area contributed by atoms with E-state index in [1.807, 2.05) is 6.07 Å². The van der Waals surface area contributed by atoms with E-state index >= 15 is 0 Å². The summed E-state index contributed by atoms with van der Waals surface area (Å²) in [6.07, 6.45) is 4.57. The van der Waals surface area contributed by atoms with Crippen molar-refractivity contribution in [2.24, 2.45) is 5.73 Å². The van der Waals surface area contributed by atoms with E-state index in [9.17, 15) is 0 Å². The predicted molar refractivity (Wildman–Crippen MR) is 79.2 cm³/mol. The molecule has 1 aliphatic rings. The molecule has 0 bridgehead atoms. The summed E-state index contributed by atoms with van der Waals surface area (Å²) in [4.78, 5) is 10.8. The van der Waals surface area contributed by atoms with Crippen LogP contribution < -0.4 is 5.73 Å². The fourth-order valence-corrected chi connectivity index (χ4v) is 3.02. The summed E-state index contributed by atoms with van der Waals surface area (Å²) in [5, 5.41) is 0. The van der Waals surface area contributed by atoms with Crippen LogP contribution >= 0.6 is 0 Å². The van der Waals surface area contributed by atoms with Gasteiger partial charge in [-0.15, -0.1) is 0 Å². The van der Waals surface area contributed by atoms with E-state index < -0.39 is 0 Å². The third-order valence-corrected chi connectivity index (χ3v) is 4.10. The zero-order valence-corrected chi connectivity index (χ0v) is 11.5. The molecule has 0 radical (unpaired) electrons. The van der Waals surface area contributed by atoms with Crippen LogP contribution in [0.25, 0.3) is 0 Å². The Labute approximate surface area is 119 Å². The molecule has 104 valence electrons. The molecule has 0 amide bonds. The summed E-state index contributed by atoms with van der Waals surface area (Å²) >= 11 is 0. The Kier molecular flexibility index (Phi) is 4.04. The number of hydrogen-bond acceptors (Lipinski definition) is 4. The van der Waals surface area contributed by atoms with E-state index in [-0.39, 0.29) is 6.04 Å². The lowest BCUT2D eigenvalue weighted by Gasteiger charge is -2.26. The molecule has 20 heavy (non-hydrogen) atoms. The molecule has 3 rings (SSSR count). The lowest BCUT2D eigenvalue weighted by Crippen LogP contribution is -2.32. The van der Waals surface area contributed by atoms with Gasteiger partial charge in [0.2, 0.25) is 0 Å². The Morgan fingerprint density at radius 3 is 2.80 bits per heavy atom. The van der Waals surface area contributed by atoms with Crippen LogP contribution in [0.4, 0.5) is 0 Å². The SMILES string of the molecule is NCC(c1ccncn1)N1CCC(c2ccccc2)C1. The van der Waals surface area contributed by atoms with E-state index in [0.29, 0.717) is 12.5 Å². The van der Waals surface area contributed by atoms with E-state index in [1.165, 1.54) is 12.0 Å². The van der Waals surface area contributed by atoms with Crippen LogP contribution in [0, 0.1) is 0 Å². The molecule has 1 fully saturated rings. The Hall–Kier alpha value is -1.78. The molecular formula is C16H20N4. The molecule has 2 unspecified atom stereocenters. The van der Waals surface area contributed by atoms with Crippen LogP contribution in [0.15, 0.2) is 48.9 Å². The van der Waals surface area contributed by atoms with Gasteiger partial charge >= 0.3 is 0 Å². The number of nitrogens with two attached hydrogens (primary N) is 1. The van der Waals surface area contributed by atoms with Crippen molar-refractivity contribution in [2.45, 2.75) is 18.4 Å². The molecule has 2 aromatic rings. The predicted octanol–water partition coefficient (Wildman–Crippen LogP) is 1.97. The van der Waals surface area contributed by atoms with Gasteiger partial charge in [-0.25, -0.2) is 9.97 Å². The van der Waals surface area contributed by atoms with Crippen LogP contribution in [-0.4, -0.2) is 34.5 Å². The van der Waals surface area contributed by atoms with Crippen molar-refractivity contribution in [1.82, 2.24) is 14.9 Å². The molecule has 0 spiro atoms. The lowest BCUT2D eigenvalue weighted by atomic mass is 9.99. The van der Waals surface area contributed by atoms with Gasteiger partial charge in [-0.1, -0.05) is 30.3 Å². The molecule has 0 aliphatic carbocycles. The van der Waals surface area contributed by atoms with Crippen LogP contribution in [-0.2, 0) is 0 Å². The fourth-order valence-electron chi connectivity index (χ4n) is 3.02. The van der Waals surface area contributed by atoms with Crippen molar-refractivity contribution in [3.8, 4) is 0 Å². The first-order chi connectivity index (χ1) is 9.88. The van der Waals surface area contributed by atoms with Gasteiger partial charge in [-0.3, -0.25) is 4.90 Å². The average Bonchev–Trinajstić information content (AvgIpc) is 3.00. The van der Waals surface area contributed by atoms with E-state index in [0.717, 1.165) is 18.8 Å². The summed E-state index contributed by atoms with van der Waals surface area (Å²) < 4.78 is 0. The third kappa shape index (κ3) is 2.71. The number of rotatable bonds is 4. The molecular weight excluding hydrogens is 248 g/mol. The normalized spacial score (nSPS) is 20.9. The lowest BCUT2D eigenvalue weighted by molar-refractivity contribution is 0.243. The summed E-state index contributed by atoms with van der Waals surface area (Å²) in [7, 11) is 0. The topological polar surface area (TPSA) is 55.0 Å². The maximum Gasteiger partial charge on any atom is 0.115 e. The van der Waals surface area contributed by atoms with Crippen molar-refractivity contribution < 1.29 is 0 Å². The Bertz CT molecular complexity index is 529. The zero-order chi connectivity index (χ0) is 13.8. The van der Waals surface area contributed by atoms with Gasteiger partial charge in [-0.05, 0) is 30.5 Å². The first-order valence-electron chi connectivity index (χ1n) is 7.13. The monoisotopic (exact) mass is 268 g/mol. The highest BCUT2D eigenvalue weighted by Crippen LogP contribution is 2.31. The molecule has 0 saturated carbocycles. The Balaban J connectivity index is 1.73. The van der Waals surface area contributed by atoms with Crippen molar-refractivity contribution in [3.05, 3.63) is 60.2 Å². The van der Waals surface area contributed by atoms with E-state index in [4.69, 9.17) is 5.73 Å². The number of aromatic nitrogens is 2. The van der Waals surface area contributed by atoms with Gasteiger partial charge in [-0.2, -0.15) is 0 Å². The quantitative estimate of drug-likeness (QED) is 0.921. The second-order valence-electron chi connectivity index (χ2n) is 5.28.